The number of benzene rings is 2. The summed E-state index contributed by atoms with van der Waals surface area (Å²) in [6.07, 6.45) is 3.05. The molecule has 28 heavy (non-hydrogen) atoms. The lowest BCUT2D eigenvalue weighted by molar-refractivity contribution is -0.385. The van der Waals surface area contributed by atoms with Crippen LogP contribution < -0.4 is 14.2 Å². The highest BCUT2D eigenvalue weighted by molar-refractivity contribution is 6.05. The van der Waals surface area contributed by atoms with Gasteiger partial charge in [0, 0.05) is 23.3 Å². The number of carbonyl (C=O) groups is 1. The Morgan fingerprint density at radius 2 is 1.68 bits per heavy atom. The molecule has 1 aliphatic heterocycles. The molecular formula is C20H17NO7. The second kappa shape index (κ2) is 7.83. The van der Waals surface area contributed by atoms with Gasteiger partial charge in [-0.15, -0.1) is 0 Å². The third kappa shape index (κ3) is 3.66. The van der Waals surface area contributed by atoms with Gasteiger partial charge in [-0.2, -0.15) is 0 Å². The number of rotatable bonds is 6. The predicted molar refractivity (Wildman–Crippen MR) is 101 cm³/mol. The number of methoxy groups -OCH3 is 3. The maximum absolute atomic E-state index is 12.3. The number of carbonyl (C=O) groups excluding carboxylic acids is 1. The molecule has 0 aromatic heterocycles. The van der Waals surface area contributed by atoms with Crippen LogP contribution in [0.25, 0.3) is 11.8 Å². The first-order valence-electron chi connectivity index (χ1n) is 8.17. The molecule has 0 atom stereocenters. The second-order valence-corrected chi connectivity index (χ2v) is 5.75. The van der Waals surface area contributed by atoms with Crippen LogP contribution >= 0.6 is 0 Å². The number of ether oxygens (including phenoxy) is 4. The van der Waals surface area contributed by atoms with Crippen LogP contribution in [0.3, 0.4) is 0 Å². The Kier molecular flexibility index (Phi) is 5.30. The average molecular weight is 383 g/mol. The van der Waals surface area contributed by atoms with Crippen LogP contribution in [-0.2, 0) is 9.53 Å². The van der Waals surface area contributed by atoms with E-state index < -0.39 is 10.9 Å². The van der Waals surface area contributed by atoms with Gasteiger partial charge in [0.1, 0.15) is 17.3 Å². The number of cyclic esters (lactones) is 1. The molecule has 3 rings (SSSR count). The van der Waals surface area contributed by atoms with Crippen LogP contribution in [0.5, 0.6) is 17.2 Å². The lowest BCUT2D eigenvalue weighted by Crippen LogP contribution is -1.99. The molecule has 2 aromatic carbocycles. The predicted octanol–water partition coefficient (Wildman–Crippen LogP) is 3.60. The van der Waals surface area contributed by atoms with Gasteiger partial charge in [-0.25, -0.2) is 4.79 Å². The van der Waals surface area contributed by atoms with E-state index in [9.17, 15) is 14.9 Å². The lowest BCUT2D eigenvalue weighted by atomic mass is 10.1. The molecule has 0 N–H and O–H groups in total. The van der Waals surface area contributed by atoms with E-state index in [1.165, 1.54) is 32.4 Å². The maximum atomic E-state index is 12.3. The highest BCUT2D eigenvalue weighted by Gasteiger charge is 2.24. The zero-order chi connectivity index (χ0) is 20.3. The van der Waals surface area contributed by atoms with E-state index in [2.05, 4.69) is 0 Å². The summed E-state index contributed by atoms with van der Waals surface area (Å²) < 4.78 is 20.7. The molecule has 0 unspecified atom stereocenters. The first kappa shape index (κ1) is 19.0. The van der Waals surface area contributed by atoms with Gasteiger partial charge in [0.2, 0.25) is 5.75 Å². The zero-order valence-electron chi connectivity index (χ0n) is 15.4. The second-order valence-electron chi connectivity index (χ2n) is 5.75. The Hall–Kier alpha value is -3.81. The van der Waals surface area contributed by atoms with E-state index in [1.54, 1.807) is 37.5 Å². The smallest absolute Gasteiger partial charge is 0.343 e. The van der Waals surface area contributed by atoms with Crippen LogP contribution in [0, 0.1) is 10.1 Å². The highest BCUT2D eigenvalue weighted by atomic mass is 16.6. The fraction of sp³-hybridized carbons (Fsp3) is 0.150. The molecule has 144 valence electrons. The van der Waals surface area contributed by atoms with E-state index in [0.29, 0.717) is 28.4 Å². The molecular weight excluding hydrogens is 366 g/mol. The molecule has 0 fully saturated rings. The van der Waals surface area contributed by atoms with Gasteiger partial charge in [0.05, 0.1) is 31.8 Å². The summed E-state index contributed by atoms with van der Waals surface area (Å²) in [5.41, 5.74) is 1.06. The van der Waals surface area contributed by atoms with Gasteiger partial charge in [0.15, 0.2) is 0 Å². The maximum Gasteiger partial charge on any atom is 0.343 e. The number of nitro benzene ring substituents is 1. The third-order valence-electron chi connectivity index (χ3n) is 4.14. The van der Waals surface area contributed by atoms with E-state index in [1.807, 2.05) is 0 Å². The normalized spacial score (nSPS) is 14.5. The molecule has 1 aliphatic rings. The van der Waals surface area contributed by atoms with Crippen molar-refractivity contribution >= 4 is 23.5 Å². The summed E-state index contributed by atoms with van der Waals surface area (Å²) in [6, 6.07) is 9.72. The van der Waals surface area contributed by atoms with Crippen molar-refractivity contribution in [1.82, 2.24) is 0 Å². The third-order valence-corrected chi connectivity index (χ3v) is 4.14. The molecule has 0 aliphatic carbocycles. The number of hydrogen-bond acceptors (Lipinski definition) is 7. The summed E-state index contributed by atoms with van der Waals surface area (Å²) in [7, 11) is 4.32. The minimum Gasteiger partial charge on any atom is -0.497 e. The Balaban J connectivity index is 2.02. The molecule has 0 amide bonds. The van der Waals surface area contributed by atoms with Gasteiger partial charge in [-0.3, -0.25) is 10.1 Å². The highest BCUT2D eigenvalue weighted by Crippen LogP contribution is 2.37. The van der Waals surface area contributed by atoms with Crippen molar-refractivity contribution in [3.63, 3.8) is 0 Å². The van der Waals surface area contributed by atoms with E-state index in [-0.39, 0.29) is 17.0 Å². The van der Waals surface area contributed by atoms with E-state index >= 15 is 0 Å². The Bertz CT molecular complexity index is 990. The molecule has 1 heterocycles. The molecule has 8 heteroatoms. The van der Waals surface area contributed by atoms with Gasteiger partial charge in [-0.1, -0.05) is 0 Å². The number of esters is 1. The number of nitrogens with zero attached hydrogens (tertiary/aromatic N) is 1. The number of nitro groups is 1. The van der Waals surface area contributed by atoms with Crippen LogP contribution in [0.4, 0.5) is 5.69 Å². The van der Waals surface area contributed by atoms with Crippen LogP contribution in [0.15, 0.2) is 48.0 Å². The van der Waals surface area contributed by atoms with Gasteiger partial charge in [0.25, 0.3) is 0 Å². The molecule has 0 spiro atoms. The van der Waals surface area contributed by atoms with Crippen molar-refractivity contribution in [3.05, 3.63) is 69.3 Å². The minimum atomic E-state index is -0.564. The first-order chi connectivity index (χ1) is 13.5. The molecule has 2 aromatic rings. The van der Waals surface area contributed by atoms with Crippen molar-refractivity contribution in [2.24, 2.45) is 0 Å². The summed E-state index contributed by atoms with van der Waals surface area (Å²) >= 11 is 0. The van der Waals surface area contributed by atoms with Crippen LogP contribution in [0.1, 0.15) is 11.1 Å². The quantitative estimate of drug-likeness (QED) is 0.325. The van der Waals surface area contributed by atoms with Crippen LogP contribution in [0.2, 0.25) is 0 Å². The van der Waals surface area contributed by atoms with Crippen molar-refractivity contribution in [2.75, 3.05) is 21.3 Å². The van der Waals surface area contributed by atoms with Crippen molar-refractivity contribution in [2.45, 2.75) is 0 Å². The molecule has 0 radical (unpaired) electrons. The summed E-state index contributed by atoms with van der Waals surface area (Å²) in [5.74, 6) is 0.883. The fourth-order valence-electron chi connectivity index (χ4n) is 2.72. The topological polar surface area (TPSA) is 97.1 Å². The number of hydrogen-bond donors (Lipinski definition) is 0. The molecule has 0 bridgehead atoms. The summed E-state index contributed by atoms with van der Waals surface area (Å²) in [5, 5.41) is 11.3. The molecule has 0 saturated heterocycles. The zero-order valence-corrected chi connectivity index (χ0v) is 15.4. The Morgan fingerprint density at radius 1 is 1.00 bits per heavy atom. The SMILES string of the molecule is COc1ccc(C2=C/C(=C\c3cc([N+](=O)[O-])c(OC)cc3OC)C(=O)O2)cc1. The van der Waals surface area contributed by atoms with Gasteiger partial charge < -0.3 is 18.9 Å². The minimum absolute atomic E-state index is 0.0625. The largest absolute Gasteiger partial charge is 0.497 e. The van der Waals surface area contributed by atoms with Gasteiger partial charge >= 0.3 is 11.7 Å². The standard InChI is InChI=1S/C20H17NO7/c1-25-15-6-4-12(5-7-15)18-10-14(20(22)28-18)8-13-9-16(21(23)24)19(27-3)11-17(13)26-2/h4-11H,1-3H3/b14-8+. The lowest BCUT2D eigenvalue weighted by Gasteiger charge is -2.08. The summed E-state index contributed by atoms with van der Waals surface area (Å²) in [6.45, 7) is 0. The summed E-state index contributed by atoms with van der Waals surface area (Å²) in [4.78, 5) is 23.0. The molecule has 0 saturated carbocycles. The fourth-order valence-corrected chi connectivity index (χ4v) is 2.72. The average Bonchev–Trinajstić information content (AvgIpc) is 3.08. The van der Waals surface area contributed by atoms with E-state index in [0.717, 1.165) is 0 Å². The monoisotopic (exact) mass is 383 g/mol. The van der Waals surface area contributed by atoms with E-state index in [4.69, 9.17) is 18.9 Å². The first-order valence-corrected chi connectivity index (χ1v) is 8.17. The van der Waals surface area contributed by atoms with Crippen molar-refractivity contribution in [3.8, 4) is 17.2 Å². The van der Waals surface area contributed by atoms with Crippen LogP contribution in [-0.4, -0.2) is 32.2 Å². The molecule has 8 nitrogen and oxygen atoms in total. The van der Waals surface area contributed by atoms with Gasteiger partial charge in [-0.05, 0) is 36.4 Å². The Labute approximate surface area is 160 Å². The van der Waals surface area contributed by atoms with Crippen molar-refractivity contribution in [1.29, 1.82) is 0 Å². The van der Waals surface area contributed by atoms with Crippen molar-refractivity contribution < 1.29 is 28.7 Å². The Morgan fingerprint density at radius 3 is 2.25 bits per heavy atom.